The molecular weight excluding hydrogens is 475 g/mol. The first-order valence-corrected chi connectivity index (χ1v) is 11.1. The van der Waals surface area contributed by atoms with E-state index in [4.69, 9.17) is 27.9 Å². The fourth-order valence-corrected chi connectivity index (χ4v) is 3.90. The molecular formula is C26H20Cl2N2O4. The fourth-order valence-electron chi connectivity index (χ4n) is 3.51. The van der Waals surface area contributed by atoms with Gasteiger partial charge in [0.15, 0.2) is 0 Å². The van der Waals surface area contributed by atoms with Crippen molar-refractivity contribution in [3.8, 4) is 5.75 Å². The van der Waals surface area contributed by atoms with Crippen molar-refractivity contribution in [3.63, 3.8) is 0 Å². The Morgan fingerprint density at radius 1 is 0.853 bits per heavy atom. The van der Waals surface area contributed by atoms with Crippen LogP contribution in [-0.2, 0) is 9.59 Å². The van der Waals surface area contributed by atoms with Gasteiger partial charge in [-0.15, -0.1) is 0 Å². The van der Waals surface area contributed by atoms with Gasteiger partial charge in [0.1, 0.15) is 16.5 Å². The highest BCUT2D eigenvalue weighted by Gasteiger charge is 2.39. The van der Waals surface area contributed by atoms with Crippen LogP contribution in [0.3, 0.4) is 0 Å². The van der Waals surface area contributed by atoms with E-state index >= 15 is 0 Å². The second-order valence-corrected chi connectivity index (χ2v) is 8.67. The van der Waals surface area contributed by atoms with Crippen molar-refractivity contribution in [1.29, 1.82) is 0 Å². The highest BCUT2D eigenvalue weighted by molar-refractivity contribution is 6.53. The van der Waals surface area contributed by atoms with Crippen LogP contribution in [0.25, 0.3) is 0 Å². The van der Waals surface area contributed by atoms with Gasteiger partial charge in [-0.1, -0.05) is 47.5 Å². The molecule has 172 valence electrons. The van der Waals surface area contributed by atoms with E-state index in [1.54, 1.807) is 36.4 Å². The number of imide groups is 1. The van der Waals surface area contributed by atoms with Crippen LogP contribution < -0.4 is 15.0 Å². The number of esters is 1. The lowest BCUT2D eigenvalue weighted by Gasteiger charge is -2.16. The molecule has 0 spiro atoms. The highest BCUT2D eigenvalue weighted by Crippen LogP contribution is 2.32. The van der Waals surface area contributed by atoms with Crippen molar-refractivity contribution in [1.82, 2.24) is 0 Å². The van der Waals surface area contributed by atoms with E-state index in [0.717, 1.165) is 21.6 Å². The number of hydrogen-bond acceptors (Lipinski definition) is 5. The van der Waals surface area contributed by atoms with Gasteiger partial charge >= 0.3 is 5.97 Å². The quantitative estimate of drug-likeness (QED) is 0.270. The van der Waals surface area contributed by atoms with Crippen LogP contribution in [0.4, 0.5) is 11.4 Å². The summed E-state index contributed by atoms with van der Waals surface area (Å²) >= 11 is 12.3. The molecule has 0 saturated heterocycles. The highest BCUT2D eigenvalue weighted by atomic mass is 35.5. The van der Waals surface area contributed by atoms with Gasteiger partial charge in [0, 0.05) is 10.7 Å². The van der Waals surface area contributed by atoms with Gasteiger partial charge in [0.05, 0.1) is 11.3 Å². The number of halogens is 2. The van der Waals surface area contributed by atoms with E-state index in [1.807, 2.05) is 39.0 Å². The molecule has 4 rings (SSSR count). The molecule has 6 nitrogen and oxygen atoms in total. The van der Waals surface area contributed by atoms with E-state index in [2.05, 4.69) is 5.32 Å². The Hall–Kier alpha value is -3.61. The van der Waals surface area contributed by atoms with Crippen molar-refractivity contribution in [3.05, 3.63) is 98.7 Å². The summed E-state index contributed by atoms with van der Waals surface area (Å²) in [5, 5.41) is 3.07. The Morgan fingerprint density at radius 2 is 1.50 bits per heavy atom. The average Bonchev–Trinajstić information content (AvgIpc) is 3.02. The lowest BCUT2D eigenvalue weighted by Crippen LogP contribution is -2.32. The molecule has 0 saturated carbocycles. The van der Waals surface area contributed by atoms with E-state index in [-0.39, 0.29) is 10.7 Å². The monoisotopic (exact) mass is 494 g/mol. The number of hydrogen-bond donors (Lipinski definition) is 1. The van der Waals surface area contributed by atoms with E-state index in [0.29, 0.717) is 27.7 Å². The first-order chi connectivity index (χ1) is 16.2. The summed E-state index contributed by atoms with van der Waals surface area (Å²) in [4.78, 5) is 39.2. The summed E-state index contributed by atoms with van der Waals surface area (Å²) < 4.78 is 5.56. The van der Waals surface area contributed by atoms with Gasteiger partial charge in [0.2, 0.25) is 0 Å². The summed E-state index contributed by atoms with van der Waals surface area (Å²) in [6.45, 7) is 5.56. The van der Waals surface area contributed by atoms with Crippen molar-refractivity contribution in [2.45, 2.75) is 20.8 Å². The standard InChI is InChI=1S/C26H20Cl2N2O4/c1-14-7-12-19(13-20(14)27)30-24(31)21(28)22(25(30)32)29-18-10-8-17(9-11-18)26(33)34-23-15(2)5-4-6-16(23)3/h4-13,29H,1-3H3. The Morgan fingerprint density at radius 3 is 2.12 bits per heavy atom. The zero-order valence-corrected chi connectivity index (χ0v) is 20.1. The number of nitrogens with zero attached hydrogens (tertiary/aromatic N) is 1. The first kappa shape index (κ1) is 23.5. The van der Waals surface area contributed by atoms with Gasteiger partial charge in [-0.25, -0.2) is 9.69 Å². The van der Waals surface area contributed by atoms with E-state index < -0.39 is 17.8 Å². The molecule has 1 aliphatic rings. The SMILES string of the molecule is Cc1ccc(N2C(=O)C(Cl)=C(Nc3ccc(C(=O)Oc4c(C)cccc4C)cc3)C2=O)cc1Cl. The van der Waals surface area contributed by atoms with Gasteiger partial charge in [-0.05, 0) is 73.9 Å². The summed E-state index contributed by atoms with van der Waals surface area (Å²) in [7, 11) is 0. The number of benzene rings is 3. The molecule has 0 aliphatic carbocycles. The molecule has 0 atom stereocenters. The molecule has 1 aliphatic heterocycles. The predicted molar refractivity (Wildman–Crippen MR) is 133 cm³/mol. The van der Waals surface area contributed by atoms with E-state index in [1.165, 1.54) is 6.07 Å². The van der Waals surface area contributed by atoms with E-state index in [9.17, 15) is 14.4 Å². The number of nitrogens with one attached hydrogen (secondary N) is 1. The predicted octanol–water partition coefficient (Wildman–Crippen LogP) is 5.92. The molecule has 0 fully saturated rings. The van der Waals surface area contributed by atoms with Crippen molar-refractivity contribution >= 4 is 52.4 Å². The Bertz CT molecular complexity index is 1340. The minimum Gasteiger partial charge on any atom is -0.422 e. The molecule has 0 unspecified atom stereocenters. The zero-order valence-electron chi connectivity index (χ0n) is 18.6. The van der Waals surface area contributed by atoms with Crippen LogP contribution in [0, 0.1) is 20.8 Å². The minimum atomic E-state index is -0.650. The molecule has 3 aromatic carbocycles. The first-order valence-electron chi connectivity index (χ1n) is 10.4. The third-order valence-electron chi connectivity index (χ3n) is 5.43. The Kier molecular flexibility index (Phi) is 6.46. The number of amides is 2. The number of ether oxygens (including phenoxy) is 1. The van der Waals surface area contributed by atoms with Crippen LogP contribution >= 0.6 is 23.2 Å². The molecule has 1 heterocycles. The van der Waals surface area contributed by atoms with Gasteiger partial charge < -0.3 is 10.1 Å². The van der Waals surface area contributed by atoms with Crippen LogP contribution in [0.5, 0.6) is 5.75 Å². The minimum absolute atomic E-state index is 0.0609. The molecule has 0 aromatic heterocycles. The maximum absolute atomic E-state index is 13.0. The fraction of sp³-hybridized carbons (Fsp3) is 0.115. The second-order valence-electron chi connectivity index (χ2n) is 7.88. The number of aryl methyl sites for hydroxylation is 3. The van der Waals surface area contributed by atoms with Crippen LogP contribution in [0.2, 0.25) is 5.02 Å². The summed E-state index contributed by atoms with van der Waals surface area (Å²) in [5.74, 6) is -1.23. The Labute approximate surface area is 206 Å². The Balaban J connectivity index is 1.50. The largest absolute Gasteiger partial charge is 0.422 e. The lowest BCUT2D eigenvalue weighted by molar-refractivity contribution is -0.120. The number of rotatable bonds is 5. The maximum atomic E-state index is 13.0. The normalized spacial score (nSPS) is 13.5. The maximum Gasteiger partial charge on any atom is 0.343 e. The van der Waals surface area contributed by atoms with Crippen LogP contribution in [0.15, 0.2) is 71.4 Å². The van der Waals surface area contributed by atoms with Crippen LogP contribution in [0.1, 0.15) is 27.0 Å². The number of para-hydroxylation sites is 1. The lowest BCUT2D eigenvalue weighted by atomic mass is 10.1. The molecule has 3 aromatic rings. The zero-order chi connectivity index (χ0) is 24.6. The third kappa shape index (κ3) is 4.42. The van der Waals surface area contributed by atoms with Crippen molar-refractivity contribution in [2.24, 2.45) is 0 Å². The summed E-state index contributed by atoms with van der Waals surface area (Å²) in [5.41, 5.74) is 3.60. The topological polar surface area (TPSA) is 75.7 Å². The molecule has 8 heteroatoms. The number of carbonyl (C=O) groups is 3. The van der Waals surface area contributed by atoms with Crippen molar-refractivity contribution < 1.29 is 19.1 Å². The molecule has 0 bridgehead atoms. The number of anilines is 2. The summed E-state index contributed by atoms with van der Waals surface area (Å²) in [6.07, 6.45) is 0. The van der Waals surface area contributed by atoms with Gasteiger partial charge in [0.25, 0.3) is 11.8 Å². The smallest absolute Gasteiger partial charge is 0.343 e. The van der Waals surface area contributed by atoms with Gasteiger partial charge in [-0.2, -0.15) is 0 Å². The molecule has 2 amide bonds. The average molecular weight is 495 g/mol. The third-order valence-corrected chi connectivity index (χ3v) is 6.19. The summed E-state index contributed by atoms with van der Waals surface area (Å²) in [6, 6.07) is 16.8. The van der Waals surface area contributed by atoms with Crippen molar-refractivity contribution in [2.75, 3.05) is 10.2 Å². The van der Waals surface area contributed by atoms with Crippen LogP contribution in [-0.4, -0.2) is 17.8 Å². The molecule has 1 N–H and O–H groups in total. The molecule has 0 radical (unpaired) electrons. The van der Waals surface area contributed by atoms with Gasteiger partial charge in [-0.3, -0.25) is 9.59 Å². The second kappa shape index (κ2) is 9.33. The molecule has 34 heavy (non-hydrogen) atoms. The number of carbonyl (C=O) groups excluding carboxylic acids is 3.